The molecular weight excluding hydrogens is 274 g/mol. The van der Waals surface area contributed by atoms with Gasteiger partial charge in [-0.2, -0.15) is 0 Å². The molecule has 1 fully saturated rings. The fraction of sp³-hybridized carbons (Fsp3) is 0.600. The quantitative estimate of drug-likeness (QED) is 0.478. The molecule has 1 aromatic rings. The summed E-state index contributed by atoms with van der Waals surface area (Å²) in [5.74, 6) is 0.258. The highest BCUT2D eigenvalue weighted by Crippen LogP contribution is 2.31. The number of nitrogens with zero attached hydrogens (tertiary/aromatic N) is 5. The minimum Gasteiger partial charge on any atom is -0.395 e. The summed E-state index contributed by atoms with van der Waals surface area (Å²) in [5, 5.41) is 19.7. The standard InChI is InChI=1S/C10H14ClN5O3/c11-9-8(16(18)19)10(13-7-12-9)15-3-1-14(2-4-15)5-6-17/h7,17H,1-6H2. The van der Waals surface area contributed by atoms with Gasteiger partial charge in [0.15, 0.2) is 0 Å². The third-order valence-electron chi connectivity index (χ3n) is 3.03. The predicted octanol–water partition coefficient (Wildman–Crippen LogP) is 0.152. The van der Waals surface area contributed by atoms with Crippen LogP contribution in [0.15, 0.2) is 6.33 Å². The van der Waals surface area contributed by atoms with E-state index >= 15 is 0 Å². The van der Waals surface area contributed by atoms with Gasteiger partial charge in [-0.15, -0.1) is 0 Å². The summed E-state index contributed by atoms with van der Waals surface area (Å²) >= 11 is 5.76. The second-order valence-corrected chi connectivity index (χ2v) is 4.50. The topological polar surface area (TPSA) is 95.6 Å². The van der Waals surface area contributed by atoms with Gasteiger partial charge in [-0.25, -0.2) is 9.97 Å². The highest BCUT2D eigenvalue weighted by Gasteiger charge is 2.28. The van der Waals surface area contributed by atoms with Gasteiger partial charge in [0.1, 0.15) is 6.33 Å². The first-order valence-electron chi connectivity index (χ1n) is 5.86. The van der Waals surface area contributed by atoms with Crippen molar-refractivity contribution in [2.75, 3.05) is 44.2 Å². The van der Waals surface area contributed by atoms with Crippen molar-refractivity contribution in [1.29, 1.82) is 0 Å². The van der Waals surface area contributed by atoms with Crippen LogP contribution in [-0.4, -0.2) is 64.2 Å². The second-order valence-electron chi connectivity index (χ2n) is 4.15. The monoisotopic (exact) mass is 287 g/mol. The van der Waals surface area contributed by atoms with Crippen molar-refractivity contribution < 1.29 is 10.0 Å². The van der Waals surface area contributed by atoms with E-state index in [1.54, 1.807) is 0 Å². The fourth-order valence-corrected chi connectivity index (χ4v) is 2.26. The molecule has 2 rings (SSSR count). The van der Waals surface area contributed by atoms with Crippen LogP contribution in [0.1, 0.15) is 0 Å². The van der Waals surface area contributed by atoms with Crippen LogP contribution in [0.4, 0.5) is 11.5 Å². The maximum atomic E-state index is 11.0. The molecule has 0 spiro atoms. The van der Waals surface area contributed by atoms with Gasteiger partial charge < -0.3 is 10.0 Å². The van der Waals surface area contributed by atoms with Gasteiger partial charge in [-0.1, -0.05) is 11.6 Å². The Balaban J connectivity index is 2.15. The molecule has 0 atom stereocenters. The van der Waals surface area contributed by atoms with E-state index < -0.39 is 4.92 Å². The van der Waals surface area contributed by atoms with Crippen LogP contribution in [0.3, 0.4) is 0 Å². The number of aliphatic hydroxyl groups is 1. The SMILES string of the molecule is O=[N+]([O-])c1c(Cl)ncnc1N1CCN(CCO)CC1. The molecule has 104 valence electrons. The van der Waals surface area contributed by atoms with Gasteiger partial charge in [-0.3, -0.25) is 15.0 Å². The van der Waals surface area contributed by atoms with E-state index in [4.69, 9.17) is 16.7 Å². The lowest BCUT2D eigenvalue weighted by atomic mass is 10.3. The first-order valence-corrected chi connectivity index (χ1v) is 6.24. The zero-order chi connectivity index (χ0) is 13.8. The average molecular weight is 288 g/mol. The number of rotatable bonds is 4. The third-order valence-corrected chi connectivity index (χ3v) is 3.31. The third kappa shape index (κ3) is 3.09. The molecule has 0 aromatic carbocycles. The smallest absolute Gasteiger partial charge is 0.348 e. The van der Waals surface area contributed by atoms with Crippen molar-refractivity contribution in [2.24, 2.45) is 0 Å². The summed E-state index contributed by atoms with van der Waals surface area (Å²) in [7, 11) is 0. The van der Waals surface area contributed by atoms with E-state index in [1.165, 1.54) is 6.33 Å². The van der Waals surface area contributed by atoms with E-state index in [0.717, 1.165) is 13.1 Å². The second kappa shape index (κ2) is 6.09. The van der Waals surface area contributed by atoms with Crippen molar-refractivity contribution in [1.82, 2.24) is 14.9 Å². The van der Waals surface area contributed by atoms with Crippen LogP contribution >= 0.6 is 11.6 Å². The minimum atomic E-state index is -0.558. The molecule has 1 saturated heterocycles. The number of aromatic nitrogens is 2. The lowest BCUT2D eigenvalue weighted by Crippen LogP contribution is -2.47. The van der Waals surface area contributed by atoms with E-state index in [1.807, 2.05) is 4.90 Å². The molecule has 0 saturated carbocycles. The Morgan fingerprint density at radius 3 is 2.63 bits per heavy atom. The molecular formula is C10H14ClN5O3. The van der Waals surface area contributed by atoms with Crippen LogP contribution < -0.4 is 4.90 Å². The molecule has 0 unspecified atom stereocenters. The Bertz CT molecular complexity index is 464. The molecule has 0 aliphatic carbocycles. The first-order chi connectivity index (χ1) is 9.13. The Kier molecular flexibility index (Phi) is 4.46. The summed E-state index contributed by atoms with van der Waals surface area (Å²) in [6.45, 7) is 3.38. The number of halogens is 1. The molecule has 19 heavy (non-hydrogen) atoms. The molecule has 9 heteroatoms. The first kappa shape index (κ1) is 13.9. The Labute approximate surface area is 114 Å². The summed E-state index contributed by atoms with van der Waals surface area (Å²) in [4.78, 5) is 22.0. The summed E-state index contributed by atoms with van der Waals surface area (Å²) in [6.07, 6.45) is 1.23. The maximum absolute atomic E-state index is 11.0. The molecule has 1 N–H and O–H groups in total. The molecule has 2 heterocycles. The summed E-state index contributed by atoms with van der Waals surface area (Å²) in [6, 6.07) is 0. The molecule has 1 aliphatic heterocycles. The molecule has 0 amide bonds. The maximum Gasteiger partial charge on any atom is 0.348 e. The highest BCUT2D eigenvalue weighted by molar-refractivity contribution is 6.31. The van der Waals surface area contributed by atoms with E-state index in [0.29, 0.717) is 19.6 Å². The van der Waals surface area contributed by atoms with Crippen LogP contribution in [0.2, 0.25) is 5.15 Å². The number of nitro groups is 1. The van der Waals surface area contributed by atoms with E-state index in [9.17, 15) is 10.1 Å². The zero-order valence-corrected chi connectivity index (χ0v) is 11.0. The van der Waals surface area contributed by atoms with Crippen molar-refractivity contribution in [2.45, 2.75) is 0 Å². The van der Waals surface area contributed by atoms with Crippen LogP contribution in [0.5, 0.6) is 0 Å². The lowest BCUT2D eigenvalue weighted by molar-refractivity contribution is -0.384. The molecule has 1 aliphatic rings. The molecule has 0 bridgehead atoms. The number of β-amino-alcohol motifs (C(OH)–C–C–N with tert-alkyl or cyclic N) is 1. The molecule has 1 aromatic heterocycles. The Morgan fingerprint density at radius 1 is 1.37 bits per heavy atom. The van der Waals surface area contributed by atoms with Crippen molar-refractivity contribution in [3.05, 3.63) is 21.6 Å². The lowest BCUT2D eigenvalue weighted by Gasteiger charge is -2.34. The number of piperazine rings is 1. The molecule has 8 nitrogen and oxygen atoms in total. The summed E-state index contributed by atoms with van der Waals surface area (Å²) < 4.78 is 0. The number of anilines is 1. The highest BCUT2D eigenvalue weighted by atomic mass is 35.5. The number of hydrogen-bond acceptors (Lipinski definition) is 7. The Hall–Kier alpha value is -1.51. The fourth-order valence-electron chi connectivity index (χ4n) is 2.06. The largest absolute Gasteiger partial charge is 0.395 e. The van der Waals surface area contributed by atoms with Gasteiger partial charge in [0, 0.05) is 32.7 Å². The van der Waals surface area contributed by atoms with E-state index in [2.05, 4.69) is 14.9 Å². The molecule has 0 radical (unpaired) electrons. The van der Waals surface area contributed by atoms with Gasteiger partial charge in [0.05, 0.1) is 11.5 Å². The van der Waals surface area contributed by atoms with Gasteiger partial charge in [0.2, 0.25) is 11.0 Å². The summed E-state index contributed by atoms with van der Waals surface area (Å²) in [5.41, 5.74) is -0.250. The Morgan fingerprint density at radius 2 is 2.05 bits per heavy atom. The van der Waals surface area contributed by atoms with Gasteiger partial charge >= 0.3 is 5.69 Å². The number of aliphatic hydroxyl groups excluding tert-OH is 1. The van der Waals surface area contributed by atoms with Crippen molar-refractivity contribution >= 4 is 23.1 Å². The van der Waals surface area contributed by atoms with E-state index in [-0.39, 0.29) is 23.3 Å². The van der Waals surface area contributed by atoms with Crippen LogP contribution in [0, 0.1) is 10.1 Å². The zero-order valence-electron chi connectivity index (χ0n) is 10.2. The van der Waals surface area contributed by atoms with Crippen molar-refractivity contribution in [3.63, 3.8) is 0 Å². The predicted molar refractivity (Wildman–Crippen MR) is 69.4 cm³/mol. The normalized spacial score (nSPS) is 16.6. The van der Waals surface area contributed by atoms with Crippen LogP contribution in [-0.2, 0) is 0 Å². The van der Waals surface area contributed by atoms with Gasteiger partial charge in [-0.05, 0) is 0 Å². The minimum absolute atomic E-state index is 0.111. The van der Waals surface area contributed by atoms with Crippen molar-refractivity contribution in [3.8, 4) is 0 Å². The van der Waals surface area contributed by atoms with Crippen LogP contribution in [0.25, 0.3) is 0 Å². The average Bonchev–Trinajstić information content (AvgIpc) is 2.39. The van der Waals surface area contributed by atoms with Gasteiger partial charge in [0.25, 0.3) is 0 Å². The number of hydrogen-bond donors (Lipinski definition) is 1.